The first-order valence-corrected chi connectivity index (χ1v) is 27.8. The fourth-order valence-corrected chi connectivity index (χ4v) is 8.49. The van der Waals surface area contributed by atoms with E-state index < -0.39 is 59.8 Å². The second-order valence-electron chi connectivity index (χ2n) is 18.1. The molecule has 1 fully saturated rings. The second kappa shape index (κ2) is 44.3. The molecule has 0 spiro atoms. The van der Waals surface area contributed by atoms with Gasteiger partial charge in [0.1, 0.15) is 30.5 Å². The normalized spacial score (nSPS) is 19.9. The summed E-state index contributed by atoms with van der Waals surface area (Å²) in [5.74, 6) is -0.409. The van der Waals surface area contributed by atoms with Crippen LogP contribution >= 0.6 is 0 Å². The van der Waals surface area contributed by atoms with Crippen molar-refractivity contribution in [2.45, 2.75) is 256 Å². The number of carbonyl (C=O) groups excluding carboxylic acids is 1. The van der Waals surface area contributed by atoms with Crippen molar-refractivity contribution in [2.75, 3.05) is 26.4 Å². The minimum Gasteiger partial charge on any atom is -0.457 e. The number of allylic oxidation sites excluding steroid dienone is 8. The fraction of sp³-hybridized carbons (Fsp3) is 0.830. The summed E-state index contributed by atoms with van der Waals surface area (Å²) >= 11 is 0. The number of carbonyl (C=O) groups is 1. The number of aliphatic hydroxyl groups is 3. The molecule has 0 aromatic carbocycles. The molecule has 12 nitrogen and oxygen atoms in total. The molecule has 1 aliphatic rings. The van der Waals surface area contributed by atoms with Crippen LogP contribution in [-0.2, 0) is 38.3 Å². The molecule has 1 rings (SSSR count). The highest BCUT2D eigenvalue weighted by molar-refractivity contribution is 7.80. The molecule has 66 heavy (non-hydrogen) atoms. The molecule has 0 aliphatic carbocycles. The Kier molecular flexibility index (Phi) is 41.6. The molecule has 6 atom stereocenters. The van der Waals surface area contributed by atoms with E-state index in [4.69, 9.17) is 18.9 Å². The number of hydrogen-bond acceptors (Lipinski definition) is 11. The minimum atomic E-state index is -5.07. The van der Waals surface area contributed by atoms with Crippen LogP contribution in [0.1, 0.15) is 219 Å². The number of hydrogen-bond donors (Lipinski definition) is 4. The Hall–Kier alpha value is -1.94. The van der Waals surface area contributed by atoms with Crippen molar-refractivity contribution in [1.29, 1.82) is 0 Å². The second-order valence-corrected chi connectivity index (χ2v) is 19.1. The zero-order chi connectivity index (χ0) is 48.2. The van der Waals surface area contributed by atoms with E-state index in [0.717, 1.165) is 70.6 Å². The molecule has 0 radical (unpaired) electrons. The Balaban J connectivity index is 2.34. The van der Waals surface area contributed by atoms with Gasteiger partial charge in [-0.25, -0.2) is 4.18 Å². The third-order valence-electron chi connectivity index (χ3n) is 11.9. The van der Waals surface area contributed by atoms with Gasteiger partial charge in [-0.2, -0.15) is 8.42 Å². The van der Waals surface area contributed by atoms with Crippen LogP contribution in [0.3, 0.4) is 0 Å². The average molecular weight is 957 g/mol. The molecule has 0 bridgehead atoms. The van der Waals surface area contributed by atoms with Crippen LogP contribution in [-0.4, -0.2) is 97.5 Å². The van der Waals surface area contributed by atoms with Gasteiger partial charge in [0.2, 0.25) is 0 Å². The van der Waals surface area contributed by atoms with Gasteiger partial charge in [0.25, 0.3) is 0 Å². The van der Waals surface area contributed by atoms with Crippen molar-refractivity contribution >= 4 is 16.4 Å². The van der Waals surface area contributed by atoms with E-state index in [0.29, 0.717) is 13.0 Å². The standard InChI is InChI=1S/C53H96O12S/c1-3-5-7-9-11-13-15-17-19-21-22-23-24-25-27-29-31-33-35-37-39-41-43-61-45-47(46-62-53-51(57)52(65-66(58,59)60)50(56)48(44-54)64-53)63-49(55)42-40-38-36-34-32-30-28-26-20-18-16-14-12-10-8-6-4-2/h6,8,12,14,18,20-22,47-48,50-54,56-57H,3-5,7,9-11,13,15-17,19,23-46H2,1-2H3,(H,58,59,60)/b8-6-,14-12-,20-18-,22-21-. The largest absolute Gasteiger partial charge is 0.457 e. The first-order valence-electron chi connectivity index (χ1n) is 26.4. The van der Waals surface area contributed by atoms with Gasteiger partial charge in [-0.1, -0.05) is 191 Å². The maximum atomic E-state index is 12.9. The Labute approximate surface area is 402 Å². The van der Waals surface area contributed by atoms with E-state index in [1.54, 1.807) is 0 Å². The smallest absolute Gasteiger partial charge is 0.397 e. The molecular weight excluding hydrogens is 861 g/mol. The van der Waals surface area contributed by atoms with E-state index in [1.165, 1.54) is 122 Å². The Bertz CT molecular complexity index is 1340. The number of aliphatic hydroxyl groups excluding tert-OH is 3. The number of esters is 1. The van der Waals surface area contributed by atoms with Crippen LogP contribution in [0.2, 0.25) is 0 Å². The summed E-state index contributed by atoms with van der Waals surface area (Å²) in [5.41, 5.74) is 0. The summed E-state index contributed by atoms with van der Waals surface area (Å²) in [6.07, 6.45) is 45.7. The highest BCUT2D eigenvalue weighted by Gasteiger charge is 2.48. The van der Waals surface area contributed by atoms with Gasteiger partial charge in [0, 0.05) is 13.0 Å². The van der Waals surface area contributed by atoms with E-state index in [9.17, 15) is 33.1 Å². The van der Waals surface area contributed by atoms with Gasteiger partial charge in [-0.3, -0.25) is 9.35 Å². The molecule has 6 unspecified atom stereocenters. The third kappa shape index (κ3) is 37.0. The summed E-state index contributed by atoms with van der Waals surface area (Å²) in [5, 5.41) is 30.8. The Morgan fingerprint density at radius 3 is 1.55 bits per heavy atom. The van der Waals surface area contributed by atoms with Crippen molar-refractivity contribution in [3.63, 3.8) is 0 Å². The van der Waals surface area contributed by atoms with Gasteiger partial charge >= 0.3 is 16.4 Å². The summed E-state index contributed by atoms with van der Waals surface area (Å²) in [7, 11) is -5.07. The first-order chi connectivity index (χ1) is 32.1. The highest BCUT2D eigenvalue weighted by atomic mass is 32.3. The summed E-state index contributed by atoms with van der Waals surface area (Å²) in [6.45, 7) is 3.89. The average Bonchev–Trinajstić information content (AvgIpc) is 3.29. The molecule has 0 saturated carbocycles. The molecule has 1 aliphatic heterocycles. The maximum Gasteiger partial charge on any atom is 0.397 e. The molecule has 1 saturated heterocycles. The molecule has 386 valence electrons. The van der Waals surface area contributed by atoms with Crippen molar-refractivity contribution < 1.29 is 56.2 Å². The third-order valence-corrected chi connectivity index (χ3v) is 12.4. The molecule has 13 heteroatoms. The zero-order valence-electron chi connectivity index (χ0n) is 41.5. The van der Waals surface area contributed by atoms with Gasteiger partial charge in [-0.15, -0.1) is 0 Å². The zero-order valence-corrected chi connectivity index (χ0v) is 42.3. The number of rotatable bonds is 46. The first kappa shape index (κ1) is 62.1. The molecule has 0 aromatic rings. The van der Waals surface area contributed by atoms with Crippen molar-refractivity contribution in [3.05, 3.63) is 48.6 Å². The van der Waals surface area contributed by atoms with Crippen LogP contribution in [0, 0.1) is 0 Å². The van der Waals surface area contributed by atoms with Crippen LogP contribution in [0.4, 0.5) is 0 Å². The van der Waals surface area contributed by atoms with Gasteiger partial charge in [0.05, 0.1) is 19.8 Å². The van der Waals surface area contributed by atoms with Crippen LogP contribution in [0.25, 0.3) is 0 Å². The predicted octanol–water partition coefficient (Wildman–Crippen LogP) is 12.3. The van der Waals surface area contributed by atoms with E-state index in [2.05, 4.69) is 66.6 Å². The lowest BCUT2D eigenvalue weighted by Crippen LogP contribution is -2.60. The lowest BCUT2D eigenvalue weighted by Gasteiger charge is -2.41. The highest BCUT2D eigenvalue weighted by Crippen LogP contribution is 2.26. The maximum absolute atomic E-state index is 12.9. The molecular formula is C53H96O12S. The van der Waals surface area contributed by atoms with Crippen molar-refractivity contribution in [2.24, 2.45) is 0 Å². The van der Waals surface area contributed by atoms with Gasteiger partial charge in [-0.05, 0) is 70.6 Å². The van der Waals surface area contributed by atoms with E-state index in [1.807, 2.05) is 0 Å². The lowest BCUT2D eigenvalue weighted by molar-refractivity contribution is -0.301. The predicted molar refractivity (Wildman–Crippen MR) is 266 cm³/mol. The van der Waals surface area contributed by atoms with Crippen LogP contribution in [0.5, 0.6) is 0 Å². The molecule has 0 amide bonds. The van der Waals surface area contributed by atoms with Gasteiger partial charge < -0.3 is 34.3 Å². The minimum absolute atomic E-state index is 0.0309. The number of unbranched alkanes of at least 4 members (excludes halogenated alkanes) is 25. The SMILES string of the molecule is CC/C=C\C/C=C\C/C=C\CCCCCCCCCC(=O)OC(COCCCCCCCCCCCC/C=C\CCCCCCCCCC)COC1OC(CO)C(O)C(OS(=O)(=O)O)C1O. The quantitative estimate of drug-likeness (QED) is 0.0197. The van der Waals surface area contributed by atoms with Crippen molar-refractivity contribution in [3.8, 4) is 0 Å². The number of ether oxygens (including phenoxy) is 4. The van der Waals surface area contributed by atoms with E-state index >= 15 is 0 Å². The molecule has 1 heterocycles. The Morgan fingerprint density at radius 1 is 0.591 bits per heavy atom. The van der Waals surface area contributed by atoms with Crippen LogP contribution < -0.4 is 0 Å². The topological polar surface area (TPSA) is 178 Å². The van der Waals surface area contributed by atoms with E-state index in [-0.39, 0.29) is 19.6 Å². The summed E-state index contributed by atoms with van der Waals surface area (Å²) in [6, 6.07) is 0. The fourth-order valence-electron chi connectivity index (χ4n) is 7.98. The lowest BCUT2D eigenvalue weighted by atomic mass is 9.99. The Morgan fingerprint density at radius 2 is 1.05 bits per heavy atom. The van der Waals surface area contributed by atoms with Crippen molar-refractivity contribution in [1.82, 2.24) is 0 Å². The summed E-state index contributed by atoms with van der Waals surface area (Å²) < 4.78 is 59.3. The monoisotopic (exact) mass is 957 g/mol. The molecule has 4 N–H and O–H groups in total. The summed E-state index contributed by atoms with van der Waals surface area (Å²) in [4.78, 5) is 12.9. The molecule has 0 aromatic heterocycles. The van der Waals surface area contributed by atoms with Gasteiger partial charge in [0.15, 0.2) is 6.29 Å². The van der Waals surface area contributed by atoms with Crippen LogP contribution in [0.15, 0.2) is 48.6 Å².